The van der Waals surface area contributed by atoms with Gasteiger partial charge in [0, 0.05) is 140 Å². The minimum Gasteiger partial charge on any atom is -0.508 e. The molecular weight excluding hydrogens is 1530 g/mol. The van der Waals surface area contributed by atoms with E-state index in [1.54, 1.807) is 69.3 Å². The minimum atomic E-state index is -3.48. The van der Waals surface area contributed by atoms with Gasteiger partial charge in [-0.05, 0) is 201 Å². The van der Waals surface area contributed by atoms with Crippen LogP contribution in [0.5, 0.6) is 23.0 Å². The fourth-order valence-corrected chi connectivity index (χ4v) is 23.6. The number of hydrogen-bond acceptors (Lipinski definition) is 14. The number of rotatable bonds is 16. The molecule has 10 aromatic carbocycles. The van der Waals surface area contributed by atoms with Crippen LogP contribution in [0.3, 0.4) is 0 Å². The SMILES string of the molecule is C[C@H]1CN2CCN(S(=O)(=O)c3ccccc3)C[C@H]2C[C@@]1(C)c1cccc(O)c1.C[C@H]1CN2CCN(S(=O)(=O)c3ccccc3)C[C@H]2C[C@@]1(C)c1cccc(OCc2ccccc2)c1.C[C@H]1CN2CCN(c3ccccc3)C[C@H]2C[C@@]1(C)c1cccc(O)c1.C[C@H]1CN2CCN(c3ccccc3)C[C@H]2C[C@@]1(C)c1cccc(OCc2ccccc2)c1. The number of ether oxygens (including phenoxy) is 2. The Labute approximate surface area is 715 Å². The molecule has 0 saturated carbocycles. The molecule has 8 heterocycles. The molecule has 8 aliphatic rings. The van der Waals surface area contributed by atoms with Crippen LogP contribution in [-0.4, -0.2) is 184 Å². The Hall–Kier alpha value is -9.34. The zero-order chi connectivity index (χ0) is 83.8. The third-order valence-electron chi connectivity index (χ3n) is 28.9. The summed E-state index contributed by atoms with van der Waals surface area (Å²) in [5.74, 6) is 4.55. The van der Waals surface area contributed by atoms with Gasteiger partial charge in [-0.2, -0.15) is 8.61 Å². The van der Waals surface area contributed by atoms with Gasteiger partial charge in [0.15, 0.2) is 0 Å². The summed E-state index contributed by atoms with van der Waals surface area (Å²) < 4.78 is 68.3. The van der Waals surface area contributed by atoms with Crippen LogP contribution in [0.2, 0.25) is 0 Å². The van der Waals surface area contributed by atoms with Crippen LogP contribution in [0, 0.1) is 23.7 Å². The molecule has 8 saturated heterocycles. The van der Waals surface area contributed by atoms with E-state index in [9.17, 15) is 27.0 Å². The molecule has 0 unspecified atom stereocenters. The van der Waals surface area contributed by atoms with Crippen molar-refractivity contribution >= 4 is 31.4 Å². The van der Waals surface area contributed by atoms with Crippen molar-refractivity contribution in [1.82, 2.24) is 28.2 Å². The quantitative estimate of drug-likeness (QED) is 0.0943. The predicted molar refractivity (Wildman–Crippen MR) is 484 cm³/mol. The molecule has 18 rings (SSSR count). The number of phenols is 2. The van der Waals surface area contributed by atoms with Gasteiger partial charge in [-0.1, -0.05) is 237 Å². The molecule has 12 atom stereocenters. The lowest BCUT2D eigenvalue weighted by Crippen LogP contribution is -2.61. The Balaban J connectivity index is 0.000000126. The summed E-state index contributed by atoms with van der Waals surface area (Å²) in [4.78, 5) is 16.2. The van der Waals surface area contributed by atoms with E-state index in [0.717, 1.165) is 114 Å². The van der Waals surface area contributed by atoms with Gasteiger partial charge in [-0.15, -0.1) is 0 Å². The monoisotopic (exact) mass is 1650 g/mol. The van der Waals surface area contributed by atoms with Crippen LogP contribution >= 0.6 is 0 Å². The van der Waals surface area contributed by atoms with Crippen molar-refractivity contribution in [3.8, 4) is 23.0 Å². The third kappa shape index (κ3) is 19.1. The largest absolute Gasteiger partial charge is 0.508 e. The normalized spacial score (nSPS) is 27.5. The van der Waals surface area contributed by atoms with E-state index < -0.39 is 20.0 Å². The highest BCUT2D eigenvalue weighted by atomic mass is 32.2. The van der Waals surface area contributed by atoms with Crippen molar-refractivity contribution in [3.05, 3.63) is 312 Å². The van der Waals surface area contributed by atoms with Crippen LogP contribution in [0.4, 0.5) is 11.4 Å². The second-order valence-corrected chi connectivity index (χ2v) is 40.2. The Kier molecular flexibility index (Phi) is 26.5. The third-order valence-corrected chi connectivity index (χ3v) is 32.6. The van der Waals surface area contributed by atoms with Gasteiger partial charge >= 0.3 is 0 Å². The molecule has 0 radical (unpaired) electrons. The van der Waals surface area contributed by atoms with Crippen molar-refractivity contribution in [3.63, 3.8) is 0 Å². The van der Waals surface area contributed by atoms with E-state index in [4.69, 9.17) is 9.47 Å². The van der Waals surface area contributed by atoms with E-state index in [0.29, 0.717) is 90.7 Å². The number of nitrogens with zero attached hydrogens (tertiary/aromatic N) is 8. The van der Waals surface area contributed by atoms with Crippen molar-refractivity contribution in [2.24, 2.45) is 23.7 Å². The molecule has 0 aromatic heterocycles. The topological polar surface area (TPSA) is 153 Å². The first-order chi connectivity index (χ1) is 57.8. The van der Waals surface area contributed by atoms with E-state index in [2.05, 4.69) is 236 Å². The highest BCUT2D eigenvalue weighted by Gasteiger charge is 2.50. The standard InChI is InChI=1S/C29H34N2O3S.C29H34N2O.C22H28N2O3S.C22H28N2O/c1-23-20-30-16-17-31(35(32,33)28-14-7-4-8-15-28)21-26(30)19-29(23,2)25-12-9-13-27(18-25)34-22-24-10-5-3-6-11-24;1-23-20-30-16-17-31(26-13-7-4-8-14-26)21-27(30)19-29(23,2)25-12-9-15-28(18-25)32-22-24-10-5-3-6-11-24;1-17-15-23-11-12-24(28(26,27)21-9-4-3-5-10-21)16-19(23)14-22(17,2)18-7-6-8-20(25)13-18;1-17-15-23-11-12-24(19-8-4-3-5-9-19)16-20(23)14-22(17,2)18-7-6-10-21(25)13-18/h3-15,18,23,26H,16-17,19-22H2,1-2H3;3-15,18,23,27H,16-17,19-22H2,1-2H3;3-10,13,17,19,25H,11-12,14-16H2,1-2H3;3-10,13,17,20,25H,11-12,14-16H2,1-2H3/t23-,26+,29+;23-,27+,29+;17-,19+,22+;17-,20+,22+/m0000/s1. The molecule has 0 aliphatic carbocycles. The molecule has 8 aliphatic heterocycles. The predicted octanol–water partition coefficient (Wildman–Crippen LogP) is 17.6. The van der Waals surface area contributed by atoms with Gasteiger partial charge in [0.25, 0.3) is 0 Å². The van der Waals surface area contributed by atoms with E-state index in [1.807, 2.05) is 66.7 Å². The Morgan fingerprint density at radius 2 is 0.583 bits per heavy atom. The van der Waals surface area contributed by atoms with Crippen molar-refractivity contribution in [2.45, 2.75) is 150 Å². The van der Waals surface area contributed by atoms with E-state index in [-0.39, 0.29) is 39.5 Å². The second kappa shape index (κ2) is 37.2. The number of piperidine rings is 4. The van der Waals surface area contributed by atoms with Crippen LogP contribution in [0.25, 0.3) is 0 Å². The molecule has 2 N–H and O–H groups in total. The average molecular weight is 1650 g/mol. The van der Waals surface area contributed by atoms with E-state index in [1.165, 1.54) is 46.6 Å². The maximum absolute atomic E-state index is 13.3. The lowest BCUT2D eigenvalue weighted by atomic mass is 9.65. The molecule has 120 heavy (non-hydrogen) atoms. The number of hydrogen-bond donors (Lipinski definition) is 2. The summed E-state index contributed by atoms with van der Waals surface area (Å²) in [7, 11) is -6.95. The summed E-state index contributed by atoms with van der Waals surface area (Å²) in [5, 5.41) is 19.9. The Morgan fingerprint density at radius 1 is 0.308 bits per heavy atom. The molecule has 0 bridgehead atoms. The van der Waals surface area contributed by atoms with Gasteiger partial charge in [0.05, 0.1) is 9.79 Å². The first-order valence-electron chi connectivity index (χ1n) is 43.6. The van der Waals surface area contributed by atoms with Crippen LogP contribution in [0.15, 0.2) is 289 Å². The van der Waals surface area contributed by atoms with Crippen molar-refractivity contribution < 1.29 is 36.5 Å². The number of benzene rings is 10. The van der Waals surface area contributed by atoms with Gasteiger partial charge in [-0.3, -0.25) is 19.6 Å². The molecule has 18 heteroatoms. The molecule has 632 valence electrons. The fourth-order valence-electron chi connectivity index (χ4n) is 20.6. The lowest BCUT2D eigenvalue weighted by molar-refractivity contribution is 0.0183. The Bertz CT molecular complexity index is 5240. The highest BCUT2D eigenvalue weighted by Crippen LogP contribution is 2.49. The minimum absolute atomic E-state index is 0.0627. The molecule has 0 spiro atoms. The molecule has 16 nitrogen and oxygen atoms in total. The zero-order valence-electron chi connectivity index (χ0n) is 71.5. The fraction of sp³-hybridized carbons (Fsp3) is 0.412. The van der Waals surface area contributed by atoms with Crippen LogP contribution in [0.1, 0.15) is 114 Å². The summed E-state index contributed by atoms with van der Waals surface area (Å²) in [6.45, 7) is 34.5. The first-order valence-corrected chi connectivity index (χ1v) is 46.5. The summed E-state index contributed by atoms with van der Waals surface area (Å²) in [6.07, 6.45) is 4.11. The van der Waals surface area contributed by atoms with Gasteiger partial charge in [-0.25, -0.2) is 16.8 Å². The zero-order valence-corrected chi connectivity index (χ0v) is 73.1. The number of sulfonamides is 2. The van der Waals surface area contributed by atoms with Gasteiger partial charge in [0.1, 0.15) is 36.2 Å². The number of para-hydroxylation sites is 2. The highest BCUT2D eigenvalue weighted by molar-refractivity contribution is 7.89. The summed E-state index contributed by atoms with van der Waals surface area (Å²) >= 11 is 0. The van der Waals surface area contributed by atoms with Crippen LogP contribution < -0.4 is 19.3 Å². The smallest absolute Gasteiger partial charge is 0.243 e. The van der Waals surface area contributed by atoms with Crippen molar-refractivity contribution in [1.29, 1.82) is 0 Å². The molecule has 8 fully saturated rings. The first kappa shape index (κ1) is 85.6. The van der Waals surface area contributed by atoms with Crippen LogP contribution in [-0.2, 0) is 54.9 Å². The van der Waals surface area contributed by atoms with E-state index >= 15 is 0 Å². The number of aromatic hydroxyl groups is 2. The molecule has 0 amide bonds. The maximum Gasteiger partial charge on any atom is 0.243 e. The number of fused-ring (bicyclic) bond motifs is 4. The molecule has 10 aromatic rings. The van der Waals surface area contributed by atoms with Gasteiger partial charge in [0.2, 0.25) is 20.0 Å². The maximum atomic E-state index is 13.3. The molecular formula is C102H124N8O8S2. The number of piperazine rings is 4. The lowest BCUT2D eigenvalue weighted by Gasteiger charge is -2.53. The number of phenolic OH excluding ortho intramolecular Hbond substituents is 2. The summed E-state index contributed by atoms with van der Waals surface area (Å²) in [6, 6.07) is 94.0. The number of anilines is 2. The van der Waals surface area contributed by atoms with Gasteiger partial charge < -0.3 is 29.5 Å². The summed E-state index contributed by atoms with van der Waals surface area (Å²) in [5.41, 5.74) is 10.2. The van der Waals surface area contributed by atoms with Crippen molar-refractivity contribution in [2.75, 3.05) is 115 Å². The Morgan fingerprint density at radius 3 is 0.900 bits per heavy atom. The average Bonchev–Trinajstić information content (AvgIpc) is 1.48. The second-order valence-electron chi connectivity index (χ2n) is 36.3.